The van der Waals surface area contributed by atoms with Gasteiger partial charge >= 0.3 is 0 Å². The van der Waals surface area contributed by atoms with E-state index in [0.717, 1.165) is 4.90 Å². The van der Waals surface area contributed by atoms with Gasteiger partial charge in [0.1, 0.15) is 0 Å². The summed E-state index contributed by atoms with van der Waals surface area (Å²) in [6.07, 6.45) is 2.45. The predicted molar refractivity (Wildman–Crippen MR) is 82.5 cm³/mol. The topological polar surface area (TPSA) is 0 Å². The second-order valence-corrected chi connectivity index (χ2v) is 5.28. The van der Waals surface area contributed by atoms with Crippen LogP contribution in [0.25, 0.3) is 11.1 Å². The molecule has 0 fully saturated rings. The second-order valence-electron chi connectivity index (χ2n) is 4.79. The zero-order valence-electron chi connectivity index (χ0n) is 11.1. The van der Waals surface area contributed by atoms with E-state index in [0.29, 0.717) is 5.92 Å². The molecule has 0 aliphatic rings. The van der Waals surface area contributed by atoms with Crippen molar-refractivity contribution in [2.24, 2.45) is 0 Å². The fraction of sp³-hybridized carbons (Fsp3) is 0.294. The van der Waals surface area contributed by atoms with Crippen LogP contribution in [-0.2, 0) is 0 Å². The Morgan fingerprint density at radius 1 is 0.944 bits per heavy atom. The number of benzene rings is 2. The lowest BCUT2D eigenvalue weighted by Crippen LogP contribution is -1.96. The van der Waals surface area contributed by atoms with Gasteiger partial charge in [-0.25, -0.2) is 0 Å². The third kappa shape index (κ3) is 2.78. The van der Waals surface area contributed by atoms with E-state index in [1.165, 1.54) is 29.5 Å². The minimum atomic E-state index is 0.596. The van der Waals surface area contributed by atoms with Crippen molar-refractivity contribution in [1.82, 2.24) is 0 Å². The lowest BCUT2D eigenvalue weighted by Gasteiger charge is -2.17. The van der Waals surface area contributed by atoms with Crippen molar-refractivity contribution in [2.75, 3.05) is 0 Å². The minimum absolute atomic E-state index is 0.596. The molecule has 2 aromatic rings. The summed E-state index contributed by atoms with van der Waals surface area (Å²) in [5.41, 5.74) is 3.99. The van der Waals surface area contributed by atoms with Gasteiger partial charge in [-0.15, -0.1) is 12.6 Å². The molecule has 0 saturated carbocycles. The first-order valence-corrected chi connectivity index (χ1v) is 7.06. The third-order valence-corrected chi connectivity index (χ3v) is 3.80. The third-order valence-electron chi connectivity index (χ3n) is 3.41. The standard InChI is InChI=1S/C17H20S/c1-3-8-13(2)14-9-4-5-10-15(14)16-11-6-7-12-17(16)18/h4-7,9-13,18H,3,8H2,1-2H3. The molecule has 0 heterocycles. The van der Waals surface area contributed by atoms with Crippen molar-refractivity contribution in [3.63, 3.8) is 0 Å². The highest BCUT2D eigenvalue weighted by molar-refractivity contribution is 7.80. The summed E-state index contributed by atoms with van der Waals surface area (Å²) >= 11 is 4.58. The second kappa shape index (κ2) is 6.10. The van der Waals surface area contributed by atoms with E-state index in [9.17, 15) is 0 Å². The Bertz CT molecular complexity index is 517. The first-order valence-electron chi connectivity index (χ1n) is 6.61. The van der Waals surface area contributed by atoms with Crippen molar-refractivity contribution in [2.45, 2.75) is 37.5 Å². The molecule has 0 aromatic heterocycles. The van der Waals surface area contributed by atoms with E-state index in [1.807, 2.05) is 6.07 Å². The van der Waals surface area contributed by atoms with Gasteiger partial charge in [-0.3, -0.25) is 0 Å². The highest BCUT2D eigenvalue weighted by Crippen LogP contribution is 2.34. The van der Waals surface area contributed by atoms with E-state index >= 15 is 0 Å². The fourth-order valence-corrected chi connectivity index (χ4v) is 2.74. The van der Waals surface area contributed by atoms with Crippen LogP contribution in [0.15, 0.2) is 53.4 Å². The van der Waals surface area contributed by atoms with Crippen molar-refractivity contribution >= 4 is 12.6 Å². The number of hydrogen-bond donors (Lipinski definition) is 1. The van der Waals surface area contributed by atoms with E-state index < -0.39 is 0 Å². The first kappa shape index (κ1) is 13.2. The summed E-state index contributed by atoms with van der Waals surface area (Å²) in [6, 6.07) is 17.0. The molecule has 0 aliphatic heterocycles. The maximum atomic E-state index is 4.58. The monoisotopic (exact) mass is 256 g/mol. The van der Waals surface area contributed by atoms with Gasteiger partial charge in [-0.2, -0.15) is 0 Å². The van der Waals surface area contributed by atoms with Crippen LogP contribution in [0, 0.1) is 0 Å². The summed E-state index contributed by atoms with van der Waals surface area (Å²) in [4.78, 5) is 1.05. The quantitative estimate of drug-likeness (QED) is 0.682. The van der Waals surface area contributed by atoms with Crippen LogP contribution in [0.5, 0.6) is 0 Å². The van der Waals surface area contributed by atoms with Gasteiger partial charge in [0.05, 0.1) is 0 Å². The Balaban J connectivity index is 2.48. The summed E-state index contributed by atoms with van der Waals surface area (Å²) in [5.74, 6) is 0.596. The fourth-order valence-electron chi connectivity index (χ4n) is 2.46. The Kier molecular flexibility index (Phi) is 4.48. The molecule has 0 saturated heterocycles. The van der Waals surface area contributed by atoms with E-state index in [4.69, 9.17) is 0 Å². The van der Waals surface area contributed by atoms with Crippen molar-refractivity contribution in [3.8, 4) is 11.1 Å². The highest BCUT2D eigenvalue weighted by atomic mass is 32.1. The van der Waals surface area contributed by atoms with Crippen LogP contribution >= 0.6 is 12.6 Å². The van der Waals surface area contributed by atoms with E-state index in [1.54, 1.807) is 0 Å². The van der Waals surface area contributed by atoms with Gasteiger partial charge in [0, 0.05) is 4.90 Å². The van der Waals surface area contributed by atoms with Crippen LogP contribution in [0.2, 0.25) is 0 Å². The molecule has 0 amide bonds. The summed E-state index contributed by atoms with van der Waals surface area (Å²) < 4.78 is 0. The van der Waals surface area contributed by atoms with Gasteiger partial charge < -0.3 is 0 Å². The molecule has 2 aromatic carbocycles. The molecule has 1 unspecified atom stereocenters. The zero-order chi connectivity index (χ0) is 13.0. The van der Waals surface area contributed by atoms with Gasteiger partial charge in [0.2, 0.25) is 0 Å². The van der Waals surface area contributed by atoms with Gasteiger partial charge in [-0.05, 0) is 35.1 Å². The van der Waals surface area contributed by atoms with E-state index in [2.05, 4.69) is 68.9 Å². The number of thiol groups is 1. The molecule has 94 valence electrons. The lowest BCUT2D eigenvalue weighted by molar-refractivity contribution is 0.666. The Morgan fingerprint density at radius 2 is 1.56 bits per heavy atom. The molecule has 0 radical (unpaired) electrons. The van der Waals surface area contributed by atoms with Gasteiger partial charge in [0.15, 0.2) is 0 Å². The minimum Gasteiger partial charge on any atom is -0.143 e. The van der Waals surface area contributed by atoms with Crippen molar-refractivity contribution in [3.05, 3.63) is 54.1 Å². The lowest BCUT2D eigenvalue weighted by atomic mass is 9.89. The van der Waals surface area contributed by atoms with E-state index in [-0.39, 0.29) is 0 Å². The molecule has 0 nitrogen and oxygen atoms in total. The van der Waals surface area contributed by atoms with Gasteiger partial charge in [0.25, 0.3) is 0 Å². The highest BCUT2D eigenvalue weighted by Gasteiger charge is 2.12. The first-order chi connectivity index (χ1) is 8.74. The summed E-state index contributed by atoms with van der Waals surface area (Å²) in [5, 5.41) is 0. The van der Waals surface area contributed by atoms with Crippen LogP contribution in [0.3, 0.4) is 0 Å². The zero-order valence-corrected chi connectivity index (χ0v) is 12.0. The average Bonchev–Trinajstić information content (AvgIpc) is 2.40. The maximum absolute atomic E-state index is 4.58. The van der Waals surface area contributed by atoms with Crippen molar-refractivity contribution in [1.29, 1.82) is 0 Å². The SMILES string of the molecule is CCCC(C)c1ccccc1-c1ccccc1S. The average molecular weight is 256 g/mol. The predicted octanol–water partition coefficient (Wildman–Crippen LogP) is 5.55. The van der Waals surface area contributed by atoms with Crippen molar-refractivity contribution < 1.29 is 0 Å². The maximum Gasteiger partial charge on any atom is 0.0119 e. The van der Waals surface area contributed by atoms with Crippen LogP contribution in [0.1, 0.15) is 38.2 Å². The summed E-state index contributed by atoms with van der Waals surface area (Å²) in [7, 11) is 0. The van der Waals surface area contributed by atoms with Crippen LogP contribution in [-0.4, -0.2) is 0 Å². The van der Waals surface area contributed by atoms with Crippen LogP contribution < -0.4 is 0 Å². The molecule has 0 spiro atoms. The Hall–Kier alpha value is -1.21. The molecular weight excluding hydrogens is 236 g/mol. The van der Waals surface area contributed by atoms with Crippen LogP contribution in [0.4, 0.5) is 0 Å². The number of hydrogen-bond acceptors (Lipinski definition) is 1. The molecule has 1 atom stereocenters. The Morgan fingerprint density at radius 3 is 2.22 bits per heavy atom. The molecule has 1 heteroatoms. The van der Waals surface area contributed by atoms with Gasteiger partial charge in [-0.1, -0.05) is 62.7 Å². The Labute approximate surface area is 115 Å². The largest absolute Gasteiger partial charge is 0.143 e. The molecule has 2 rings (SSSR count). The normalized spacial score (nSPS) is 12.4. The smallest absolute Gasteiger partial charge is 0.0119 e. The molecule has 0 N–H and O–H groups in total. The molecular formula is C17H20S. The number of rotatable bonds is 4. The molecule has 0 aliphatic carbocycles. The molecule has 0 bridgehead atoms. The summed E-state index contributed by atoms with van der Waals surface area (Å²) in [6.45, 7) is 4.55. The molecule has 18 heavy (non-hydrogen) atoms.